The zero-order chi connectivity index (χ0) is 12.5. The molecule has 92 valence electrons. The Balaban J connectivity index is 1.85. The Labute approximate surface area is 118 Å². The van der Waals surface area contributed by atoms with Crippen LogP contribution < -0.4 is 0 Å². The first kappa shape index (κ1) is 12.1. The highest BCUT2D eigenvalue weighted by atomic mass is 79.9. The van der Waals surface area contributed by atoms with Crippen LogP contribution in [0.5, 0.6) is 0 Å². The van der Waals surface area contributed by atoms with Crippen LogP contribution >= 0.6 is 27.3 Å². The van der Waals surface area contributed by atoms with Crippen LogP contribution in [0.4, 0.5) is 0 Å². The summed E-state index contributed by atoms with van der Waals surface area (Å²) in [6, 6.07) is 8.25. The maximum absolute atomic E-state index is 11.8. The third kappa shape index (κ3) is 2.40. The molecule has 0 aliphatic heterocycles. The van der Waals surface area contributed by atoms with Gasteiger partial charge in [0.15, 0.2) is 5.78 Å². The Kier molecular flexibility index (Phi) is 3.31. The topological polar surface area (TPSA) is 30.0 Å². The number of carbonyl (C=O) groups is 1. The van der Waals surface area contributed by atoms with Gasteiger partial charge in [-0.3, -0.25) is 4.79 Å². The first-order chi connectivity index (χ1) is 8.72. The molecule has 1 aliphatic carbocycles. The molecule has 18 heavy (non-hydrogen) atoms. The molecule has 0 N–H and O–H groups in total. The van der Waals surface area contributed by atoms with Crippen LogP contribution in [0.2, 0.25) is 0 Å². The van der Waals surface area contributed by atoms with E-state index in [-0.39, 0.29) is 5.78 Å². The van der Waals surface area contributed by atoms with Gasteiger partial charge in [-0.1, -0.05) is 28.1 Å². The predicted octanol–water partition coefficient (Wildman–Crippen LogP) is 4.02. The molecule has 1 heterocycles. The van der Waals surface area contributed by atoms with Crippen molar-refractivity contribution in [2.45, 2.75) is 25.7 Å². The molecule has 0 spiro atoms. The number of benzene rings is 1. The molecule has 1 aliphatic rings. The van der Waals surface area contributed by atoms with E-state index in [0.717, 1.165) is 39.3 Å². The van der Waals surface area contributed by atoms with E-state index in [1.54, 1.807) is 11.3 Å². The summed E-state index contributed by atoms with van der Waals surface area (Å²) in [5, 5.41) is 1.05. The number of rotatable bonds is 2. The Morgan fingerprint density at radius 2 is 2.00 bits per heavy atom. The van der Waals surface area contributed by atoms with Crippen molar-refractivity contribution in [1.82, 2.24) is 4.98 Å². The SMILES string of the molecule is O=C1CCCc2nc(Cc3ccc(Br)cc3)sc21. The highest BCUT2D eigenvalue weighted by Gasteiger charge is 2.21. The van der Waals surface area contributed by atoms with E-state index in [1.165, 1.54) is 5.56 Å². The van der Waals surface area contributed by atoms with Crippen molar-refractivity contribution in [3.8, 4) is 0 Å². The molecule has 0 amide bonds. The number of thiazole rings is 1. The van der Waals surface area contributed by atoms with Crippen molar-refractivity contribution in [2.24, 2.45) is 0 Å². The lowest BCUT2D eigenvalue weighted by Gasteiger charge is -2.06. The molecule has 0 bridgehead atoms. The van der Waals surface area contributed by atoms with Gasteiger partial charge in [-0.05, 0) is 30.5 Å². The molecule has 1 aromatic heterocycles. The quantitative estimate of drug-likeness (QED) is 0.836. The second-order valence-electron chi connectivity index (χ2n) is 4.46. The minimum Gasteiger partial charge on any atom is -0.293 e. The Bertz CT molecular complexity index is 588. The number of fused-ring (bicyclic) bond motifs is 1. The number of nitrogens with zero attached hydrogens (tertiary/aromatic N) is 1. The standard InChI is InChI=1S/C14H12BrNOS/c15-10-6-4-9(5-7-10)8-13-16-11-2-1-3-12(17)14(11)18-13/h4-7H,1-3,8H2. The average Bonchev–Trinajstić information content (AvgIpc) is 2.76. The summed E-state index contributed by atoms with van der Waals surface area (Å²) in [5.41, 5.74) is 2.25. The first-order valence-corrected chi connectivity index (χ1v) is 7.59. The molecule has 0 saturated heterocycles. The normalized spacial score (nSPS) is 14.6. The minimum absolute atomic E-state index is 0.274. The number of aryl methyl sites for hydroxylation is 1. The zero-order valence-corrected chi connectivity index (χ0v) is 12.2. The molecule has 3 rings (SSSR count). The Morgan fingerprint density at radius 3 is 2.72 bits per heavy atom. The van der Waals surface area contributed by atoms with Gasteiger partial charge in [-0.2, -0.15) is 0 Å². The largest absolute Gasteiger partial charge is 0.293 e. The highest BCUT2D eigenvalue weighted by molar-refractivity contribution is 9.10. The number of hydrogen-bond acceptors (Lipinski definition) is 3. The summed E-state index contributed by atoms with van der Waals surface area (Å²) in [4.78, 5) is 17.3. The van der Waals surface area contributed by atoms with E-state index in [9.17, 15) is 4.79 Å². The fourth-order valence-electron chi connectivity index (χ4n) is 2.17. The highest BCUT2D eigenvalue weighted by Crippen LogP contribution is 2.28. The Morgan fingerprint density at radius 1 is 1.22 bits per heavy atom. The monoisotopic (exact) mass is 321 g/mol. The fraction of sp³-hybridized carbons (Fsp3) is 0.286. The molecule has 1 aromatic carbocycles. The molecule has 0 saturated carbocycles. The summed E-state index contributed by atoms with van der Waals surface area (Å²) in [7, 11) is 0. The van der Waals surface area contributed by atoms with Gasteiger partial charge in [0.1, 0.15) is 0 Å². The average molecular weight is 322 g/mol. The molecule has 0 radical (unpaired) electrons. The first-order valence-electron chi connectivity index (χ1n) is 5.98. The van der Waals surface area contributed by atoms with Gasteiger partial charge in [-0.25, -0.2) is 4.98 Å². The second kappa shape index (κ2) is 4.94. The number of Topliss-reactive ketones (excluding diaryl/α,β-unsaturated/α-hetero) is 1. The predicted molar refractivity (Wildman–Crippen MR) is 76.3 cm³/mol. The van der Waals surface area contributed by atoms with Crippen molar-refractivity contribution in [2.75, 3.05) is 0 Å². The lowest BCUT2D eigenvalue weighted by atomic mass is 10.0. The lowest BCUT2D eigenvalue weighted by molar-refractivity contribution is 0.0976. The molecular weight excluding hydrogens is 310 g/mol. The van der Waals surface area contributed by atoms with Gasteiger partial charge in [0.2, 0.25) is 0 Å². The summed E-state index contributed by atoms with van der Waals surface area (Å²) in [6.45, 7) is 0. The number of halogens is 1. The second-order valence-corrected chi connectivity index (χ2v) is 6.46. The summed E-state index contributed by atoms with van der Waals surface area (Å²) < 4.78 is 1.08. The molecule has 0 atom stereocenters. The molecular formula is C14H12BrNOS. The van der Waals surface area contributed by atoms with E-state index in [0.29, 0.717) is 6.42 Å². The van der Waals surface area contributed by atoms with E-state index < -0.39 is 0 Å². The van der Waals surface area contributed by atoms with E-state index >= 15 is 0 Å². The van der Waals surface area contributed by atoms with Crippen LogP contribution in [0.3, 0.4) is 0 Å². The third-order valence-corrected chi connectivity index (χ3v) is 4.75. The number of hydrogen-bond donors (Lipinski definition) is 0. The van der Waals surface area contributed by atoms with Gasteiger partial charge in [0.25, 0.3) is 0 Å². The summed E-state index contributed by atoms with van der Waals surface area (Å²) in [6.07, 6.45) is 3.41. The van der Waals surface area contributed by atoms with Gasteiger partial charge in [-0.15, -0.1) is 11.3 Å². The van der Waals surface area contributed by atoms with Crippen LogP contribution in [0.15, 0.2) is 28.7 Å². The number of ketones is 1. The van der Waals surface area contributed by atoms with Gasteiger partial charge in [0.05, 0.1) is 15.6 Å². The van der Waals surface area contributed by atoms with Crippen molar-refractivity contribution in [1.29, 1.82) is 0 Å². The molecule has 0 unspecified atom stereocenters. The Hall–Kier alpha value is -1.00. The fourth-order valence-corrected chi connectivity index (χ4v) is 3.55. The zero-order valence-electron chi connectivity index (χ0n) is 9.78. The van der Waals surface area contributed by atoms with Crippen molar-refractivity contribution >= 4 is 33.0 Å². The van der Waals surface area contributed by atoms with Crippen LogP contribution in [-0.4, -0.2) is 10.8 Å². The van der Waals surface area contributed by atoms with Crippen LogP contribution in [0, 0.1) is 0 Å². The lowest BCUT2D eigenvalue weighted by Crippen LogP contribution is -2.07. The smallest absolute Gasteiger partial charge is 0.174 e. The van der Waals surface area contributed by atoms with Gasteiger partial charge in [0, 0.05) is 17.3 Å². The van der Waals surface area contributed by atoms with E-state index in [2.05, 4.69) is 33.0 Å². The van der Waals surface area contributed by atoms with Crippen LogP contribution in [0.25, 0.3) is 0 Å². The minimum atomic E-state index is 0.274. The maximum atomic E-state index is 11.8. The third-order valence-electron chi connectivity index (χ3n) is 3.08. The van der Waals surface area contributed by atoms with Crippen LogP contribution in [0.1, 0.15) is 38.8 Å². The van der Waals surface area contributed by atoms with Crippen molar-refractivity contribution < 1.29 is 4.79 Å². The van der Waals surface area contributed by atoms with E-state index in [4.69, 9.17) is 0 Å². The van der Waals surface area contributed by atoms with E-state index in [1.807, 2.05) is 12.1 Å². The molecule has 2 aromatic rings. The molecule has 2 nitrogen and oxygen atoms in total. The van der Waals surface area contributed by atoms with Crippen LogP contribution in [-0.2, 0) is 12.8 Å². The molecule has 4 heteroatoms. The van der Waals surface area contributed by atoms with Gasteiger partial charge >= 0.3 is 0 Å². The summed E-state index contributed by atoms with van der Waals surface area (Å²) in [5.74, 6) is 0.274. The maximum Gasteiger partial charge on any atom is 0.174 e. The van der Waals surface area contributed by atoms with Crippen molar-refractivity contribution in [3.63, 3.8) is 0 Å². The van der Waals surface area contributed by atoms with Crippen molar-refractivity contribution in [3.05, 3.63) is 49.9 Å². The number of carbonyl (C=O) groups excluding carboxylic acids is 1. The molecule has 0 fully saturated rings. The van der Waals surface area contributed by atoms with Gasteiger partial charge < -0.3 is 0 Å². The number of aromatic nitrogens is 1. The summed E-state index contributed by atoms with van der Waals surface area (Å²) >= 11 is 5.00.